The molecule has 0 atom stereocenters. The van der Waals surface area contributed by atoms with Gasteiger partial charge in [0.2, 0.25) is 0 Å². The third-order valence-electron chi connectivity index (χ3n) is 3.62. The van der Waals surface area contributed by atoms with Gasteiger partial charge in [-0.3, -0.25) is 0 Å². The summed E-state index contributed by atoms with van der Waals surface area (Å²) in [5, 5.41) is 8.56. The molecule has 114 valence electrons. The standard InChI is InChI=1S/C17H22O3S/c18-17(19)10-7-14-5-8-16(9-6-14)20-11-12-21-13-15-3-1-2-4-15/h5-10,15H,1-4,11-13H2,(H,18,19). The highest BCUT2D eigenvalue weighted by atomic mass is 32.2. The second-order valence-corrected chi connectivity index (χ2v) is 6.46. The van der Waals surface area contributed by atoms with E-state index >= 15 is 0 Å². The molecule has 0 saturated heterocycles. The van der Waals surface area contributed by atoms with Crippen molar-refractivity contribution < 1.29 is 14.6 Å². The number of rotatable bonds is 8. The van der Waals surface area contributed by atoms with Crippen molar-refractivity contribution in [3.63, 3.8) is 0 Å². The van der Waals surface area contributed by atoms with Crippen molar-refractivity contribution >= 4 is 23.8 Å². The Hall–Kier alpha value is -1.42. The molecule has 1 fully saturated rings. The van der Waals surface area contributed by atoms with Crippen LogP contribution in [0.25, 0.3) is 6.08 Å². The molecule has 0 spiro atoms. The van der Waals surface area contributed by atoms with Crippen LogP contribution in [0, 0.1) is 5.92 Å². The van der Waals surface area contributed by atoms with Gasteiger partial charge in [0, 0.05) is 11.8 Å². The summed E-state index contributed by atoms with van der Waals surface area (Å²) >= 11 is 1.98. The van der Waals surface area contributed by atoms with Crippen molar-refractivity contribution in [2.24, 2.45) is 5.92 Å². The highest BCUT2D eigenvalue weighted by molar-refractivity contribution is 7.99. The SMILES string of the molecule is O=C(O)C=Cc1ccc(OCCSCC2CCCC2)cc1. The number of hydrogen-bond donors (Lipinski definition) is 1. The molecule has 4 heteroatoms. The Balaban J connectivity index is 1.62. The van der Waals surface area contributed by atoms with Gasteiger partial charge in [0.1, 0.15) is 5.75 Å². The summed E-state index contributed by atoms with van der Waals surface area (Å²) in [4.78, 5) is 10.4. The number of aliphatic carboxylic acids is 1. The van der Waals surface area contributed by atoms with Crippen LogP contribution in [-0.2, 0) is 4.79 Å². The fraction of sp³-hybridized carbons (Fsp3) is 0.471. The lowest BCUT2D eigenvalue weighted by Gasteiger charge is -2.09. The number of thioether (sulfide) groups is 1. The van der Waals surface area contributed by atoms with Crippen LogP contribution in [0.5, 0.6) is 5.75 Å². The number of benzene rings is 1. The van der Waals surface area contributed by atoms with Gasteiger partial charge in [-0.1, -0.05) is 25.0 Å². The first-order valence-corrected chi connectivity index (χ1v) is 8.61. The Labute approximate surface area is 130 Å². The van der Waals surface area contributed by atoms with E-state index in [1.54, 1.807) is 6.08 Å². The lowest BCUT2D eigenvalue weighted by Crippen LogP contribution is -2.03. The van der Waals surface area contributed by atoms with Crippen molar-refractivity contribution in [1.82, 2.24) is 0 Å². The number of carbonyl (C=O) groups is 1. The molecule has 1 aliphatic rings. The van der Waals surface area contributed by atoms with E-state index in [4.69, 9.17) is 9.84 Å². The van der Waals surface area contributed by atoms with Crippen molar-refractivity contribution in [2.45, 2.75) is 25.7 Å². The van der Waals surface area contributed by atoms with Crippen LogP contribution in [0.1, 0.15) is 31.2 Å². The minimum atomic E-state index is -0.936. The van der Waals surface area contributed by atoms with E-state index < -0.39 is 5.97 Å². The first-order chi connectivity index (χ1) is 10.2. The molecule has 2 rings (SSSR count). The number of ether oxygens (including phenoxy) is 1. The van der Waals surface area contributed by atoms with Crippen LogP contribution in [0.2, 0.25) is 0 Å². The third-order valence-corrected chi connectivity index (χ3v) is 4.79. The average Bonchev–Trinajstić information content (AvgIpc) is 2.99. The van der Waals surface area contributed by atoms with Gasteiger partial charge in [0.15, 0.2) is 0 Å². The summed E-state index contributed by atoms with van der Waals surface area (Å²) < 4.78 is 5.69. The minimum absolute atomic E-state index is 0.724. The topological polar surface area (TPSA) is 46.5 Å². The summed E-state index contributed by atoms with van der Waals surface area (Å²) in [5.74, 6) is 3.12. The van der Waals surface area contributed by atoms with Gasteiger partial charge >= 0.3 is 5.97 Å². The maximum Gasteiger partial charge on any atom is 0.328 e. The Morgan fingerprint density at radius 1 is 1.29 bits per heavy atom. The van der Waals surface area contributed by atoms with Crippen molar-refractivity contribution in [3.8, 4) is 5.75 Å². The molecule has 0 radical (unpaired) electrons. The smallest absolute Gasteiger partial charge is 0.328 e. The maximum atomic E-state index is 10.4. The maximum absolute atomic E-state index is 10.4. The van der Waals surface area contributed by atoms with E-state index in [1.807, 2.05) is 36.0 Å². The zero-order chi connectivity index (χ0) is 14.9. The van der Waals surface area contributed by atoms with Crippen molar-refractivity contribution in [1.29, 1.82) is 0 Å². The van der Waals surface area contributed by atoms with Crippen LogP contribution in [0.15, 0.2) is 30.3 Å². The van der Waals surface area contributed by atoms with E-state index in [1.165, 1.54) is 31.4 Å². The molecule has 1 aromatic carbocycles. The molecular formula is C17H22O3S. The number of hydrogen-bond acceptors (Lipinski definition) is 3. The number of carboxylic acid groups (broad SMARTS) is 1. The molecule has 1 aromatic rings. The molecule has 1 N–H and O–H groups in total. The van der Waals surface area contributed by atoms with Crippen LogP contribution in [-0.4, -0.2) is 29.2 Å². The largest absolute Gasteiger partial charge is 0.493 e. The zero-order valence-corrected chi connectivity index (χ0v) is 13.0. The monoisotopic (exact) mass is 306 g/mol. The van der Waals surface area contributed by atoms with Gasteiger partial charge < -0.3 is 9.84 Å². The van der Waals surface area contributed by atoms with Gasteiger partial charge in [-0.2, -0.15) is 11.8 Å². The molecule has 1 saturated carbocycles. The van der Waals surface area contributed by atoms with E-state index in [-0.39, 0.29) is 0 Å². The molecule has 21 heavy (non-hydrogen) atoms. The van der Waals surface area contributed by atoms with Gasteiger partial charge in [-0.05, 0) is 48.3 Å². The second kappa shape index (κ2) is 8.78. The zero-order valence-electron chi connectivity index (χ0n) is 12.2. The summed E-state index contributed by atoms with van der Waals surface area (Å²) in [5.41, 5.74) is 0.861. The van der Waals surface area contributed by atoms with Gasteiger partial charge in [-0.25, -0.2) is 4.79 Å². The number of carboxylic acids is 1. The highest BCUT2D eigenvalue weighted by Crippen LogP contribution is 2.27. The Bertz CT molecular complexity index is 461. The highest BCUT2D eigenvalue weighted by Gasteiger charge is 2.14. The lowest BCUT2D eigenvalue weighted by atomic mass is 10.1. The molecular weight excluding hydrogens is 284 g/mol. The molecule has 0 aromatic heterocycles. The molecule has 1 aliphatic carbocycles. The van der Waals surface area contributed by atoms with Crippen LogP contribution in [0.3, 0.4) is 0 Å². The third kappa shape index (κ3) is 6.25. The summed E-state index contributed by atoms with van der Waals surface area (Å²) in [6, 6.07) is 7.48. The van der Waals surface area contributed by atoms with E-state index in [0.717, 1.165) is 35.7 Å². The fourth-order valence-electron chi connectivity index (χ4n) is 2.49. The second-order valence-electron chi connectivity index (χ2n) is 5.31. The van der Waals surface area contributed by atoms with Gasteiger partial charge in [-0.15, -0.1) is 0 Å². The molecule has 3 nitrogen and oxygen atoms in total. The summed E-state index contributed by atoms with van der Waals surface area (Å²) in [7, 11) is 0. The first-order valence-electron chi connectivity index (χ1n) is 7.45. The molecule has 0 amide bonds. The molecule has 0 unspecified atom stereocenters. The molecule has 0 bridgehead atoms. The van der Waals surface area contributed by atoms with E-state index in [0.29, 0.717) is 0 Å². The molecule has 0 heterocycles. The average molecular weight is 306 g/mol. The minimum Gasteiger partial charge on any atom is -0.493 e. The van der Waals surface area contributed by atoms with Crippen molar-refractivity contribution in [3.05, 3.63) is 35.9 Å². The van der Waals surface area contributed by atoms with Crippen LogP contribution < -0.4 is 4.74 Å². The predicted molar refractivity (Wildman–Crippen MR) is 87.9 cm³/mol. The van der Waals surface area contributed by atoms with Gasteiger partial charge in [0.25, 0.3) is 0 Å². The lowest BCUT2D eigenvalue weighted by molar-refractivity contribution is -0.131. The van der Waals surface area contributed by atoms with Crippen LogP contribution in [0.4, 0.5) is 0 Å². The Morgan fingerprint density at radius 2 is 2.00 bits per heavy atom. The van der Waals surface area contributed by atoms with E-state index in [2.05, 4.69) is 0 Å². The first kappa shape index (κ1) is 16.0. The fourth-order valence-corrected chi connectivity index (χ4v) is 3.52. The Kier molecular flexibility index (Phi) is 6.67. The predicted octanol–water partition coefficient (Wildman–Crippen LogP) is 4.09. The van der Waals surface area contributed by atoms with Crippen molar-refractivity contribution in [2.75, 3.05) is 18.1 Å². The summed E-state index contributed by atoms with van der Waals surface area (Å²) in [6.45, 7) is 0.724. The van der Waals surface area contributed by atoms with Gasteiger partial charge in [0.05, 0.1) is 6.61 Å². The Morgan fingerprint density at radius 3 is 2.67 bits per heavy atom. The molecule has 0 aliphatic heterocycles. The summed E-state index contributed by atoms with van der Waals surface area (Å²) in [6.07, 6.45) is 8.33. The van der Waals surface area contributed by atoms with Crippen LogP contribution >= 0.6 is 11.8 Å². The normalized spacial score (nSPS) is 15.6. The quantitative estimate of drug-likeness (QED) is 0.580. The van der Waals surface area contributed by atoms with E-state index in [9.17, 15) is 4.79 Å².